The Morgan fingerprint density at radius 3 is 2.55 bits per heavy atom. The maximum absolute atomic E-state index is 11.1. The van der Waals surface area contributed by atoms with Crippen molar-refractivity contribution in [2.45, 2.75) is 33.4 Å². The summed E-state index contributed by atoms with van der Waals surface area (Å²) in [6.45, 7) is 6.09. The van der Waals surface area contributed by atoms with Crippen molar-refractivity contribution >= 4 is 5.97 Å². The van der Waals surface area contributed by atoms with E-state index in [0.29, 0.717) is 5.82 Å². The number of carbonyl (C=O) groups is 1. The van der Waals surface area contributed by atoms with Gasteiger partial charge < -0.3 is 14.4 Å². The van der Waals surface area contributed by atoms with Crippen molar-refractivity contribution in [3.63, 3.8) is 0 Å². The first-order valence-corrected chi connectivity index (χ1v) is 6.48. The second-order valence-electron chi connectivity index (χ2n) is 4.93. The van der Waals surface area contributed by atoms with E-state index in [1.54, 1.807) is 4.57 Å². The summed E-state index contributed by atoms with van der Waals surface area (Å²) >= 11 is 0. The average molecular weight is 274 g/mol. The number of nitrogens with zero attached hydrogens (tertiary/aromatic N) is 2. The summed E-state index contributed by atoms with van der Waals surface area (Å²) in [5.74, 6) is 0.372. The van der Waals surface area contributed by atoms with E-state index in [9.17, 15) is 4.79 Å². The van der Waals surface area contributed by atoms with Gasteiger partial charge in [-0.2, -0.15) is 0 Å². The molecule has 20 heavy (non-hydrogen) atoms. The quantitative estimate of drug-likeness (QED) is 0.910. The number of carboxylic acid groups (broad SMARTS) is 1. The molecule has 0 atom stereocenters. The second kappa shape index (κ2) is 5.77. The minimum absolute atomic E-state index is 0.0141. The summed E-state index contributed by atoms with van der Waals surface area (Å²) in [7, 11) is 0. The van der Waals surface area contributed by atoms with Gasteiger partial charge in [-0.3, -0.25) is 0 Å². The van der Waals surface area contributed by atoms with Gasteiger partial charge in [-0.15, -0.1) is 0 Å². The van der Waals surface area contributed by atoms with Crippen molar-refractivity contribution in [2.24, 2.45) is 0 Å². The highest BCUT2D eigenvalue weighted by Gasteiger charge is 2.17. The number of rotatable bonds is 5. The lowest BCUT2D eigenvalue weighted by atomic mass is 10.2. The Labute approximate surface area is 117 Å². The third-order valence-electron chi connectivity index (χ3n) is 3.00. The van der Waals surface area contributed by atoms with Crippen LogP contribution in [0, 0.1) is 6.92 Å². The zero-order valence-corrected chi connectivity index (χ0v) is 11.8. The average Bonchev–Trinajstić information content (AvgIpc) is 2.82. The SMILES string of the molecule is Cc1ccc(OCc2ncc(C(=O)O)n2C(C)C)cc1. The Morgan fingerprint density at radius 1 is 1.35 bits per heavy atom. The summed E-state index contributed by atoms with van der Waals surface area (Å²) in [4.78, 5) is 15.3. The molecule has 1 aromatic carbocycles. The topological polar surface area (TPSA) is 64.3 Å². The Morgan fingerprint density at radius 2 is 2.00 bits per heavy atom. The van der Waals surface area contributed by atoms with Crippen LogP contribution >= 0.6 is 0 Å². The van der Waals surface area contributed by atoms with Gasteiger partial charge in [-0.1, -0.05) is 17.7 Å². The minimum Gasteiger partial charge on any atom is -0.486 e. The van der Waals surface area contributed by atoms with Gasteiger partial charge in [0.05, 0.1) is 6.20 Å². The van der Waals surface area contributed by atoms with Gasteiger partial charge in [0, 0.05) is 6.04 Å². The molecule has 0 amide bonds. The van der Waals surface area contributed by atoms with Gasteiger partial charge in [0.1, 0.15) is 23.9 Å². The fourth-order valence-corrected chi connectivity index (χ4v) is 2.02. The van der Waals surface area contributed by atoms with Crippen LogP contribution < -0.4 is 4.74 Å². The molecule has 2 aromatic rings. The van der Waals surface area contributed by atoms with E-state index < -0.39 is 5.97 Å². The number of aromatic carboxylic acids is 1. The molecule has 1 N–H and O–H groups in total. The molecule has 2 rings (SSSR count). The highest BCUT2D eigenvalue weighted by molar-refractivity contribution is 5.85. The Kier molecular flexibility index (Phi) is 4.08. The monoisotopic (exact) mass is 274 g/mol. The molecule has 0 aliphatic rings. The predicted octanol–water partition coefficient (Wildman–Crippen LogP) is 3.05. The van der Waals surface area contributed by atoms with Crippen LogP contribution in [0.1, 0.15) is 41.8 Å². The number of ether oxygens (including phenoxy) is 1. The number of benzene rings is 1. The van der Waals surface area contributed by atoms with E-state index in [1.807, 2.05) is 45.0 Å². The molecule has 0 spiro atoms. The standard InChI is InChI=1S/C15H18N2O3/c1-10(2)17-13(15(18)19)8-16-14(17)9-20-12-6-4-11(3)5-7-12/h4-8,10H,9H2,1-3H3,(H,18,19). The van der Waals surface area contributed by atoms with Crippen LogP contribution in [0.4, 0.5) is 0 Å². The Balaban J connectivity index is 2.17. The highest BCUT2D eigenvalue weighted by Crippen LogP contribution is 2.17. The van der Waals surface area contributed by atoms with Crippen LogP contribution in [0.2, 0.25) is 0 Å². The van der Waals surface area contributed by atoms with Crippen molar-refractivity contribution in [3.8, 4) is 5.75 Å². The molecule has 0 saturated heterocycles. The molecule has 1 aromatic heterocycles. The molecular weight excluding hydrogens is 256 g/mol. The number of aryl methyl sites for hydroxylation is 1. The van der Waals surface area contributed by atoms with E-state index in [2.05, 4.69) is 4.98 Å². The number of imidazole rings is 1. The molecule has 0 unspecified atom stereocenters. The third kappa shape index (κ3) is 2.99. The molecule has 106 valence electrons. The van der Waals surface area contributed by atoms with Crippen LogP contribution in [0.25, 0.3) is 0 Å². The Hall–Kier alpha value is -2.30. The van der Waals surface area contributed by atoms with Gasteiger partial charge >= 0.3 is 5.97 Å². The van der Waals surface area contributed by atoms with Crippen LogP contribution in [0.15, 0.2) is 30.5 Å². The lowest BCUT2D eigenvalue weighted by Crippen LogP contribution is -2.15. The first-order chi connectivity index (χ1) is 9.49. The zero-order valence-electron chi connectivity index (χ0n) is 11.8. The maximum atomic E-state index is 11.1. The molecule has 0 aliphatic heterocycles. The number of carboxylic acids is 1. The van der Waals surface area contributed by atoms with Crippen molar-refractivity contribution in [3.05, 3.63) is 47.5 Å². The predicted molar refractivity (Wildman–Crippen MR) is 75.1 cm³/mol. The van der Waals surface area contributed by atoms with E-state index in [1.165, 1.54) is 6.20 Å². The minimum atomic E-state index is -0.979. The van der Waals surface area contributed by atoms with E-state index >= 15 is 0 Å². The number of aromatic nitrogens is 2. The lowest BCUT2D eigenvalue weighted by Gasteiger charge is -2.14. The molecule has 5 heteroatoms. The molecule has 5 nitrogen and oxygen atoms in total. The summed E-state index contributed by atoms with van der Waals surface area (Å²) in [6.07, 6.45) is 1.37. The first-order valence-electron chi connectivity index (χ1n) is 6.48. The molecule has 0 radical (unpaired) electrons. The van der Waals surface area contributed by atoms with Crippen molar-refractivity contribution < 1.29 is 14.6 Å². The van der Waals surface area contributed by atoms with Crippen LogP contribution in [0.3, 0.4) is 0 Å². The van der Waals surface area contributed by atoms with Crippen LogP contribution in [-0.4, -0.2) is 20.6 Å². The fourth-order valence-electron chi connectivity index (χ4n) is 2.02. The maximum Gasteiger partial charge on any atom is 0.354 e. The summed E-state index contributed by atoms with van der Waals surface area (Å²) in [5, 5.41) is 9.14. The summed E-state index contributed by atoms with van der Waals surface area (Å²) < 4.78 is 7.33. The van der Waals surface area contributed by atoms with Gasteiger partial charge in [0.25, 0.3) is 0 Å². The van der Waals surface area contributed by atoms with Crippen molar-refractivity contribution in [2.75, 3.05) is 0 Å². The highest BCUT2D eigenvalue weighted by atomic mass is 16.5. The second-order valence-corrected chi connectivity index (χ2v) is 4.93. The Bertz CT molecular complexity index is 600. The first kappa shape index (κ1) is 14.1. The third-order valence-corrected chi connectivity index (χ3v) is 3.00. The molecule has 1 heterocycles. The number of hydrogen-bond acceptors (Lipinski definition) is 3. The van der Waals surface area contributed by atoms with E-state index in [0.717, 1.165) is 11.3 Å². The van der Waals surface area contributed by atoms with Gasteiger partial charge in [-0.25, -0.2) is 9.78 Å². The normalized spacial score (nSPS) is 10.8. The molecule has 0 saturated carbocycles. The summed E-state index contributed by atoms with van der Waals surface area (Å²) in [6, 6.07) is 7.71. The summed E-state index contributed by atoms with van der Waals surface area (Å²) in [5.41, 5.74) is 1.34. The van der Waals surface area contributed by atoms with Gasteiger partial charge in [-0.05, 0) is 32.9 Å². The van der Waals surface area contributed by atoms with E-state index in [4.69, 9.17) is 9.84 Å². The smallest absolute Gasteiger partial charge is 0.354 e. The van der Waals surface area contributed by atoms with Gasteiger partial charge in [0.15, 0.2) is 0 Å². The largest absolute Gasteiger partial charge is 0.486 e. The van der Waals surface area contributed by atoms with Crippen molar-refractivity contribution in [1.29, 1.82) is 0 Å². The molecule has 0 fully saturated rings. The number of hydrogen-bond donors (Lipinski definition) is 1. The van der Waals surface area contributed by atoms with Gasteiger partial charge in [0.2, 0.25) is 0 Å². The van der Waals surface area contributed by atoms with Crippen LogP contribution in [-0.2, 0) is 6.61 Å². The van der Waals surface area contributed by atoms with Crippen LogP contribution in [0.5, 0.6) is 5.75 Å². The van der Waals surface area contributed by atoms with E-state index in [-0.39, 0.29) is 18.3 Å². The molecule has 0 bridgehead atoms. The zero-order chi connectivity index (χ0) is 14.7. The van der Waals surface area contributed by atoms with Crippen molar-refractivity contribution in [1.82, 2.24) is 9.55 Å². The fraction of sp³-hybridized carbons (Fsp3) is 0.333. The lowest BCUT2D eigenvalue weighted by molar-refractivity contribution is 0.0682. The molecule has 0 aliphatic carbocycles. The molecular formula is C15H18N2O3.